The topological polar surface area (TPSA) is 84.9 Å². The number of carboxylic acids is 1. The summed E-state index contributed by atoms with van der Waals surface area (Å²) in [5.41, 5.74) is -0.692. The summed E-state index contributed by atoms with van der Waals surface area (Å²) in [6.45, 7) is 4.70. The molecule has 22 heavy (non-hydrogen) atoms. The van der Waals surface area contributed by atoms with E-state index in [1.165, 1.54) is 0 Å². The summed E-state index contributed by atoms with van der Waals surface area (Å²) >= 11 is 0. The van der Waals surface area contributed by atoms with E-state index in [0.29, 0.717) is 19.4 Å². The number of nitrogens with one attached hydrogen (secondary N) is 1. The van der Waals surface area contributed by atoms with Gasteiger partial charge < -0.3 is 19.9 Å². The highest BCUT2D eigenvalue weighted by Gasteiger charge is 2.42. The van der Waals surface area contributed by atoms with E-state index in [9.17, 15) is 14.7 Å². The van der Waals surface area contributed by atoms with Gasteiger partial charge in [0.1, 0.15) is 6.10 Å². The number of ether oxygens (including phenoxy) is 2. The third-order valence-electron chi connectivity index (χ3n) is 4.84. The van der Waals surface area contributed by atoms with Gasteiger partial charge in [0, 0.05) is 6.61 Å². The minimum absolute atomic E-state index is 0.0762. The van der Waals surface area contributed by atoms with Gasteiger partial charge in [0.05, 0.1) is 24.2 Å². The van der Waals surface area contributed by atoms with Crippen molar-refractivity contribution in [2.24, 2.45) is 5.92 Å². The zero-order valence-electron chi connectivity index (χ0n) is 13.5. The number of carbonyl (C=O) groups excluding carboxylic acids is 1. The van der Waals surface area contributed by atoms with Gasteiger partial charge in [-0.05, 0) is 39.5 Å². The van der Waals surface area contributed by atoms with Crippen molar-refractivity contribution in [3.8, 4) is 0 Å². The van der Waals surface area contributed by atoms with Crippen LogP contribution in [0.4, 0.5) is 0 Å². The third-order valence-corrected chi connectivity index (χ3v) is 4.84. The first kappa shape index (κ1) is 17.2. The van der Waals surface area contributed by atoms with Crippen LogP contribution < -0.4 is 5.32 Å². The fraction of sp³-hybridized carbons (Fsp3) is 0.875. The van der Waals surface area contributed by atoms with Gasteiger partial charge >= 0.3 is 5.97 Å². The first-order chi connectivity index (χ1) is 10.4. The number of amides is 1. The Bertz CT molecular complexity index is 407. The predicted octanol–water partition coefficient (Wildman–Crippen LogP) is 1.72. The van der Waals surface area contributed by atoms with E-state index in [-0.39, 0.29) is 12.0 Å². The Kier molecular flexibility index (Phi) is 5.81. The van der Waals surface area contributed by atoms with Crippen LogP contribution in [0.1, 0.15) is 52.4 Å². The lowest BCUT2D eigenvalue weighted by Crippen LogP contribution is -2.57. The number of carbonyl (C=O) groups is 2. The summed E-state index contributed by atoms with van der Waals surface area (Å²) < 4.78 is 11.1. The summed E-state index contributed by atoms with van der Waals surface area (Å²) in [6, 6.07) is 0. The molecule has 0 spiro atoms. The first-order valence-electron chi connectivity index (χ1n) is 8.20. The molecule has 4 unspecified atom stereocenters. The maximum Gasteiger partial charge on any atom is 0.308 e. The summed E-state index contributed by atoms with van der Waals surface area (Å²) in [5, 5.41) is 12.3. The molecule has 1 saturated heterocycles. The molecular formula is C16H27NO5. The Labute approximate surface area is 131 Å². The molecule has 126 valence electrons. The van der Waals surface area contributed by atoms with Crippen LogP contribution in [0.5, 0.6) is 0 Å². The van der Waals surface area contributed by atoms with Crippen molar-refractivity contribution in [2.75, 3.05) is 13.2 Å². The number of aliphatic carboxylic acids is 1. The molecule has 0 radical (unpaired) electrons. The monoisotopic (exact) mass is 313 g/mol. The van der Waals surface area contributed by atoms with E-state index in [0.717, 1.165) is 32.3 Å². The molecule has 1 heterocycles. The molecule has 0 bridgehead atoms. The highest BCUT2D eigenvalue weighted by molar-refractivity contribution is 5.82. The molecule has 2 fully saturated rings. The van der Waals surface area contributed by atoms with Crippen LogP contribution in [0, 0.1) is 5.92 Å². The highest BCUT2D eigenvalue weighted by Crippen LogP contribution is 2.34. The van der Waals surface area contributed by atoms with Crippen molar-refractivity contribution in [1.82, 2.24) is 5.32 Å². The normalized spacial score (nSPS) is 33.4. The van der Waals surface area contributed by atoms with Crippen LogP contribution in [-0.4, -0.2) is 47.9 Å². The van der Waals surface area contributed by atoms with E-state index < -0.39 is 23.5 Å². The molecule has 0 aromatic heterocycles. The SMILES string of the molecule is CC(OCC1CCCO1)C(=O)NC1(C)CCCCC1C(=O)O. The van der Waals surface area contributed by atoms with Crippen LogP contribution in [0.3, 0.4) is 0 Å². The summed E-state index contributed by atoms with van der Waals surface area (Å²) in [6.07, 6.45) is 4.61. The first-order valence-corrected chi connectivity index (χ1v) is 8.20. The molecule has 1 saturated carbocycles. The van der Waals surface area contributed by atoms with E-state index in [1.54, 1.807) is 6.92 Å². The fourth-order valence-corrected chi connectivity index (χ4v) is 3.37. The van der Waals surface area contributed by atoms with E-state index in [1.807, 2.05) is 6.92 Å². The molecule has 2 rings (SSSR count). The Morgan fingerprint density at radius 3 is 2.77 bits per heavy atom. The minimum Gasteiger partial charge on any atom is -0.481 e. The van der Waals surface area contributed by atoms with Crippen LogP contribution in [-0.2, 0) is 19.1 Å². The second kappa shape index (κ2) is 7.42. The minimum atomic E-state index is -0.838. The van der Waals surface area contributed by atoms with Crippen molar-refractivity contribution in [1.29, 1.82) is 0 Å². The molecule has 0 aromatic rings. The van der Waals surface area contributed by atoms with Crippen molar-refractivity contribution in [2.45, 2.75) is 70.1 Å². The molecule has 6 heteroatoms. The molecule has 0 aromatic carbocycles. The van der Waals surface area contributed by atoms with E-state index >= 15 is 0 Å². The lowest BCUT2D eigenvalue weighted by molar-refractivity contribution is -0.148. The van der Waals surface area contributed by atoms with Gasteiger partial charge in [-0.25, -0.2) is 0 Å². The summed E-state index contributed by atoms with van der Waals surface area (Å²) in [5.74, 6) is -1.61. The Balaban J connectivity index is 1.86. The van der Waals surface area contributed by atoms with Crippen molar-refractivity contribution >= 4 is 11.9 Å². The zero-order chi connectivity index (χ0) is 16.2. The molecule has 4 atom stereocenters. The van der Waals surface area contributed by atoms with Crippen LogP contribution >= 0.6 is 0 Å². The second-order valence-electron chi connectivity index (χ2n) is 6.65. The van der Waals surface area contributed by atoms with Gasteiger partial charge in [0.15, 0.2) is 0 Å². The van der Waals surface area contributed by atoms with E-state index in [2.05, 4.69) is 5.32 Å². The lowest BCUT2D eigenvalue weighted by atomic mass is 9.74. The fourth-order valence-electron chi connectivity index (χ4n) is 3.37. The largest absolute Gasteiger partial charge is 0.481 e. The van der Waals surface area contributed by atoms with Crippen LogP contribution in [0.25, 0.3) is 0 Å². The smallest absolute Gasteiger partial charge is 0.308 e. The molecule has 2 N–H and O–H groups in total. The summed E-state index contributed by atoms with van der Waals surface area (Å²) in [4.78, 5) is 23.7. The van der Waals surface area contributed by atoms with Crippen LogP contribution in [0.2, 0.25) is 0 Å². The quantitative estimate of drug-likeness (QED) is 0.780. The predicted molar refractivity (Wildman–Crippen MR) is 80.5 cm³/mol. The average Bonchev–Trinajstić information content (AvgIpc) is 2.97. The Hall–Kier alpha value is -1.14. The molecule has 6 nitrogen and oxygen atoms in total. The van der Waals surface area contributed by atoms with E-state index in [4.69, 9.17) is 9.47 Å². The molecule has 2 aliphatic rings. The summed E-state index contributed by atoms with van der Waals surface area (Å²) in [7, 11) is 0. The van der Waals surface area contributed by atoms with Gasteiger partial charge in [0.2, 0.25) is 5.91 Å². The highest BCUT2D eigenvalue weighted by atomic mass is 16.5. The molecule has 1 aliphatic carbocycles. The maximum atomic E-state index is 12.3. The van der Waals surface area contributed by atoms with Gasteiger partial charge in [-0.15, -0.1) is 0 Å². The zero-order valence-corrected chi connectivity index (χ0v) is 13.5. The van der Waals surface area contributed by atoms with Gasteiger partial charge in [-0.3, -0.25) is 9.59 Å². The van der Waals surface area contributed by atoms with Gasteiger partial charge in [-0.2, -0.15) is 0 Å². The molecule has 1 aliphatic heterocycles. The van der Waals surface area contributed by atoms with Crippen molar-refractivity contribution < 1.29 is 24.2 Å². The molecule has 1 amide bonds. The number of hydrogen-bond donors (Lipinski definition) is 2. The molecular weight excluding hydrogens is 286 g/mol. The van der Waals surface area contributed by atoms with Crippen LogP contribution in [0.15, 0.2) is 0 Å². The number of hydrogen-bond acceptors (Lipinski definition) is 4. The maximum absolute atomic E-state index is 12.3. The average molecular weight is 313 g/mol. The van der Waals surface area contributed by atoms with Crippen molar-refractivity contribution in [3.63, 3.8) is 0 Å². The second-order valence-corrected chi connectivity index (χ2v) is 6.65. The number of carboxylic acid groups (broad SMARTS) is 1. The third kappa shape index (κ3) is 4.20. The van der Waals surface area contributed by atoms with Gasteiger partial charge in [-0.1, -0.05) is 12.8 Å². The lowest BCUT2D eigenvalue weighted by Gasteiger charge is -2.40. The Morgan fingerprint density at radius 1 is 1.36 bits per heavy atom. The van der Waals surface area contributed by atoms with Gasteiger partial charge in [0.25, 0.3) is 0 Å². The number of rotatable bonds is 6. The standard InChI is InChI=1S/C16H27NO5/c1-11(22-10-12-6-5-9-21-12)14(18)17-16(2)8-4-3-7-13(16)15(19)20/h11-13H,3-10H2,1-2H3,(H,17,18)(H,19,20). The van der Waals surface area contributed by atoms with Crippen molar-refractivity contribution in [3.05, 3.63) is 0 Å². The Morgan fingerprint density at radius 2 is 2.14 bits per heavy atom.